The first-order valence-corrected chi connectivity index (χ1v) is 6.07. The Labute approximate surface area is 82.5 Å². The Morgan fingerprint density at radius 2 is 1.85 bits per heavy atom. The van der Waals surface area contributed by atoms with Gasteiger partial charge < -0.3 is 4.90 Å². The predicted molar refractivity (Wildman–Crippen MR) is 56.8 cm³/mol. The zero-order chi connectivity index (χ0) is 9.10. The van der Waals surface area contributed by atoms with Gasteiger partial charge in [-0.1, -0.05) is 26.2 Å². The van der Waals surface area contributed by atoms with Gasteiger partial charge in [0.1, 0.15) is 0 Å². The second-order valence-corrected chi connectivity index (χ2v) is 5.16. The second kappa shape index (κ2) is 4.45. The average Bonchev–Trinajstić information content (AvgIpc) is 2.53. The van der Waals surface area contributed by atoms with Crippen molar-refractivity contribution in [3.05, 3.63) is 0 Å². The van der Waals surface area contributed by atoms with Crippen LogP contribution < -0.4 is 0 Å². The molecule has 1 atom stereocenters. The largest absolute Gasteiger partial charge is 0.303 e. The van der Waals surface area contributed by atoms with Crippen molar-refractivity contribution >= 4 is 0 Å². The highest BCUT2D eigenvalue weighted by Gasteiger charge is 2.22. The fourth-order valence-electron chi connectivity index (χ4n) is 2.93. The van der Waals surface area contributed by atoms with E-state index in [1.165, 1.54) is 58.2 Å². The summed E-state index contributed by atoms with van der Waals surface area (Å²) in [5.74, 6) is 2.00. The Morgan fingerprint density at radius 1 is 1.08 bits per heavy atom. The number of hydrogen-bond acceptors (Lipinski definition) is 1. The zero-order valence-corrected chi connectivity index (χ0v) is 8.97. The van der Waals surface area contributed by atoms with Crippen LogP contribution in [0.5, 0.6) is 0 Å². The van der Waals surface area contributed by atoms with Gasteiger partial charge in [0.25, 0.3) is 0 Å². The molecule has 1 nitrogen and oxygen atoms in total. The van der Waals surface area contributed by atoms with Gasteiger partial charge in [-0.25, -0.2) is 0 Å². The molecular weight excluding hydrogens is 158 g/mol. The third-order valence-corrected chi connectivity index (χ3v) is 3.75. The van der Waals surface area contributed by atoms with Gasteiger partial charge in [0.05, 0.1) is 0 Å². The quantitative estimate of drug-likeness (QED) is 0.633. The van der Waals surface area contributed by atoms with Crippen molar-refractivity contribution < 1.29 is 0 Å². The van der Waals surface area contributed by atoms with Crippen LogP contribution in [0.15, 0.2) is 0 Å². The lowest BCUT2D eigenvalue weighted by atomic mass is 9.89. The molecule has 0 amide bonds. The molecule has 1 aliphatic carbocycles. The van der Waals surface area contributed by atoms with Gasteiger partial charge in [0.2, 0.25) is 0 Å². The molecule has 2 aliphatic rings. The molecule has 0 aromatic rings. The minimum atomic E-state index is 0.962. The molecule has 0 bridgehead atoms. The molecule has 0 aromatic heterocycles. The molecule has 1 aliphatic heterocycles. The van der Waals surface area contributed by atoms with E-state index in [1.807, 2.05) is 0 Å². The maximum Gasteiger partial charge on any atom is 0.000977 e. The summed E-state index contributed by atoms with van der Waals surface area (Å²) in [7, 11) is 0. The average molecular weight is 181 g/mol. The summed E-state index contributed by atoms with van der Waals surface area (Å²) in [6.07, 6.45) is 8.93. The fourth-order valence-corrected chi connectivity index (χ4v) is 2.93. The van der Waals surface area contributed by atoms with Crippen molar-refractivity contribution in [2.24, 2.45) is 11.8 Å². The summed E-state index contributed by atoms with van der Waals surface area (Å²) in [5.41, 5.74) is 0. The van der Waals surface area contributed by atoms with Crippen LogP contribution in [0, 0.1) is 11.8 Å². The summed E-state index contributed by atoms with van der Waals surface area (Å²) in [4.78, 5) is 2.70. The van der Waals surface area contributed by atoms with Gasteiger partial charge in [-0.3, -0.25) is 0 Å². The number of rotatable bonds is 2. The van der Waals surface area contributed by atoms with Crippen LogP contribution in [0.25, 0.3) is 0 Å². The highest BCUT2D eigenvalue weighted by Crippen LogP contribution is 2.26. The van der Waals surface area contributed by atoms with Gasteiger partial charge in [0.15, 0.2) is 0 Å². The van der Waals surface area contributed by atoms with E-state index >= 15 is 0 Å². The normalized spacial score (nSPS) is 32.5. The lowest BCUT2D eigenvalue weighted by Gasteiger charge is -2.26. The Bertz CT molecular complexity index is 146. The fraction of sp³-hybridized carbons (Fsp3) is 1.00. The van der Waals surface area contributed by atoms with E-state index in [0.29, 0.717) is 0 Å². The Morgan fingerprint density at radius 3 is 2.46 bits per heavy atom. The predicted octanol–water partition coefficient (Wildman–Crippen LogP) is 2.91. The first kappa shape index (κ1) is 9.51. The van der Waals surface area contributed by atoms with Crippen molar-refractivity contribution in [3.8, 4) is 0 Å². The molecule has 1 heterocycles. The smallest absolute Gasteiger partial charge is 0.000977 e. The lowest BCUT2D eigenvalue weighted by molar-refractivity contribution is 0.229. The number of hydrogen-bond donors (Lipinski definition) is 0. The van der Waals surface area contributed by atoms with Gasteiger partial charge in [-0.05, 0) is 37.6 Å². The monoisotopic (exact) mass is 181 g/mol. The van der Waals surface area contributed by atoms with E-state index < -0.39 is 0 Å². The second-order valence-electron chi connectivity index (χ2n) is 5.16. The van der Waals surface area contributed by atoms with E-state index in [4.69, 9.17) is 0 Å². The molecule has 1 saturated heterocycles. The summed E-state index contributed by atoms with van der Waals surface area (Å²) in [5, 5.41) is 0. The third kappa shape index (κ3) is 2.70. The Balaban J connectivity index is 1.71. The van der Waals surface area contributed by atoms with Crippen LogP contribution in [0.3, 0.4) is 0 Å². The van der Waals surface area contributed by atoms with Crippen molar-refractivity contribution in [3.63, 3.8) is 0 Å². The molecule has 1 heteroatoms. The molecule has 0 aromatic carbocycles. The Hall–Kier alpha value is -0.0400. The van der Waals surface area contributed by atoms with Crippen molar-refractivity contribution in [2.75, 3.05) is 19.6 Å². The molecule has 76 valence electrons. The standard InChI is InChI=1S/C12H23N/c1-11-7-8-13(9-11)10-12-5-3-2-4-6-12/h11-12H,2-10H2,1H3/t11-/m1/s1. The SMILES string of the molecule is C[C@@H]1CCN(CC2CCCCC2)C1. The van der Waals surface area contributed by atoms with Crippen LogP contribution in [0.2, 0.25) is 0 Å². The molecule has 0 radical (unpaired) electrons. The van der Waals surface area contributed by atoms with Crippen molar-refractivity contribution in [1.82, 2.24) is 4.90 Å². The van der Waals surface area contributed by atoms with E-state index in [9.17, 15) is 0 Å². The molecule has 0 N–H and O–H groups in total. The highest BCUT2D eigenvalue weighted by molar-refractivity contribution is 4.76. The van der Waals surface area contributed by atoms with E-state index in [0.717, 1.165) is 11.8 Å². The molecule has 1 saturated carbocycles. The summed E-state index contributed by atoms with van der Waals surface area (Å²) in [6.45, 7) is 6.54. The highest BCUT2D eigenvalue weighted by atomic mass is 15.1. The maximum absolute atomic E-state index is 2.70. The summed E-state index contributed by atoms with van der Waals surface area (Å²) < 4.78 is 0. The number of nitrogens with zero attached hydrogens (tertiary/aromatic N) is 1. The third-order valence-electron chi connectivity index (χ3n) is 3.75. The van der Waals surface area contributed by atoms with Gasteiger partial charge in [-0.15, -0.1) is 0 Å². The van der Waals surface area contributed by atoms with Gasteiger partial charge in [-0.2, -0.15) is 0 Å². The van der Waals surface area contributed by atoms with E-state index in [1.54, 1.807) is 0 Å². The van der Waals surface area contributed by atoms with Crippen LogP contribution in [-0.2, 0) is 0 Å². The lowest BCUT2D eigenvalue weighted by Crippen LogP contribution is -2.28. The number of likely N-dealkylation sites (tertiary alicyclic amines) is 1. The van der Waals surface area contributed by atoms with E-state index in [-0.39, 0.29) is 0 Å². The first-order chi connectivity index (χ1) is 6.34. The molecule has 0 spiro atoms. The van der Waals surface area contributed by atoms with E-state index in [2.05, 4.69) is 11.8 Å². The minimum Gasteiger partial charge on any atom is -0.303 e. The Kier molecular flexibility index (Phi) is 3.26. The van der Waals surface area contributed by atoms with Crippen LogP contribution >= 0.6 is 0 Å². The molecule has 2 fully saturated rings. The summed E-state index contributed by atoms with van der Waals surface area (Å²) in [6, 6.07) is 0. The topological polar surface area (TPSA) is 3.24 Å². The van der Waals surface area contributed by atoms with Crippen LogP contribution in [0.1, 0.15) is 45.4 Å². The minimum absolute atomic E-state index is 0.962. The first-order valence-electron chi connectivity index (χ1n) is 6.07. The zero-order valence-electron chi connectivity index (χ0n) is 8.97. The summed E-state index contributed by atoms with van der Waals surface area (Å²) >= 11 is 0. The van der Waals surface area contributed by atoms with Crippen LogP contribution in [-0.4, -0.2) is 24.5 Å². The molecule has 13 heavy (non-hydrogen) atoms. The molecule has 2 rings (SSSR count). The van der Waals surface area contributed by atoms with Crippen LogP contribution in [0.4, 0.5) is 0 Å². The van der Waals surface area contributed by atoms with Gasteiger partial charge >= 0.3 is 0 Å². The van der Waals surface area contributed by atoms with Gasteiger partial charge in [0, 0.05) is 13.1 Å². The van der Waals surface area contributed by atoms with Crippen molar-refractivity contribution in [2.45, 2.75) is 45.4 Å². The van der Waals surface area contributed by atoms with Crippen molar-refractivity contribution in [1.29, 1.82) is 0 Å². The molecular formula is C12H23N. The maximum atomic E-state index is 2.70. The molecule has 0 unspecified atom stereocenters.